The normalized spacial score (nSPS) is 19.6. The number of carbonyl (C=O) groups excluding carboxylic acids is 1. The maximum Gasteiger partial charge on any atom is 0.219 e. The fraction of sp³-hybridized carbons (Fsp3) is 0.571. The van der Waals surface area contributed by atoms with E-state index in [1.54, 1.807) is 6.92 Å². The van der Waals surface area contributed by atoms with Crippen LogP contribution < -0.4 is 4.90 Å². The third-order valence-corrected chi connectivity index (χ3v) is 5.90. The van der Waals surface area contributed by atoms with E-state index in [1.807, 2.05) is 17.0 Å². The minimum absolute atomic E-state index is 0.155. The number of aromatic nitrogens is 2. The molecule has 0 unspecified atom stereocenters. The molecule has 1 aromatic carbocycles. The molecule has 3 heterocycles. The molecule has 0 spiro atoms. The van der Waals surface area contributed by atoms with Crippen LogP contribution in [-0.4, -0.2) is 64.9 Å². The SMILES string of the molecule is CC(=O)N1CCN(c2nc(CN3CCC(C)CC3)nc3ccccc23)CC1. The average Bonchev–Trinajstić information content (AvgIpc) is 2.69. The summed E-state index contributed by atoms with van der Waals surface area (Å²) in [6, 6.07) is 8.27. The number of piperidine rings is 1. The van der Waals surface area contributed by atoms with E-state index in [9.17, 15) is 4.79 Å². The van der Waals surface area contributed by atoms with Crippen molar-refractivity contribution in [3.05, 3.63) is 30.1 Å². The van der Waals surface area contributed by atoms with E-state index in [4.69, 9.17) is 9.97 Å². The van der Waals surface area contributed by atoms with Crippen molar-refractivity contribution in [2.75, 3.05) is 44.2 Å². The lowest BCUT2D eigenvalue weighted by atomic mass is 9.99. The molecule has 2 aliphatic heterocycles. The van der Waals surface area contributed by atoms with Crippen molar-refractivity contribution < 1.29 is 4.79 Å². The number of amides is 1. The molecular weight excluding hydrogens is 338 g/mol. The number of anilines is 1. The summed E-state index contributed by atoms with van der Waals surface area (Å²) in [5.41, 5.74) is 1.01. The molecule has 0 saturated carbocycles. The van der Waals surface area contributed by atoms with Crippen molar-refractivity contribution in [3.63, 3.8) is 0 Å². The molecule has 0 atom stereocenters. The van der Waals surface area contributed by atoms with Crippen LogP contribution in [0.2, 0.25) is 0 Å². The Kier molecular flexibility index (Phi) is 5.25. The molecule has 144 valence electrons. The quantitative estimate of drug-likeness (QED) is 0.834. The Labute approximate surface area is 161 Å². The fourth-order valence-corrected chi connectivity index (χ4v) is 4.07. The number of rotatable bonds is 3. The lowest BCUT2D eigenvalue weighted by Crippen LogP contribution is -2.48. The maximum atomic E-state index is 11.6. The number of hydrogen-bond acceptors (Lipinski definition) is 5. The Bertz CT molecular complexity index is 807. The molecule has 0 bridgehead atoms. The molecule has 2 aromatic rings. The predicted molar refractivity (Wildman–Crippen MR) is 108 cm³/mol. The van der Waals surface area contributed by atoms with Crippen LogP contribution in [0.15, 0.2) is 24.3 Å². The molecule has 4 rings (SSSR count). The van der Waals surface area contributed by atoms with Crippen LogP contribution in [0.25, 0.3) is 10.9 Å². The van der Waals surface area contributed by atoms with Crippen molar-refractivity contribution in [2.24, 2.45) is 5.92 Å². The first-order chi connectivity index (χ1) is 13.1. The molecule has 2 aliphatic rings. The number of nitrogens with zero attached hydrogens (tertiary/aromatic N) is 5. The van der Waals surface area contributed by atoms with E-state index >= 15 is 0 Å². The minimum atomic E-state index is 0.155. The van der Waals surface area contributed by atoms with Gasteiger partial charge in [0, 0.05) is 38.5 Å². The van der Waals surface area contributed by atoms with Crippen LogP contribution in [0.3, 0.4) is 0 Å². The second-order valence-electron chi connectivity index (χ2n) is 7.93. The summed E-state index contributed by atoms with van der Waals surface area (Å²) in [5.74, 6) is 2.91. The van der Waals surface area contributed by atoms with Crippen LogP contribution >= 0.6 is 0 Å². The van der Waals surface area contributed by atoms with Gasteiger partial charge < -0.3 is 9.80 Å². The summed E-state index contributed by atoms with van der Waals surface area (Å²) in [4.78, 5) is 28.1. The lowest BCUT2D eigenvalue weighted by Gasteiger charge is -2.35. The highest BCUT2D eigenvalue weighted by atomic mass is 16.2. The summed E-state index contributed by atoms with van der Waals surface area (Å²) in [6.45, 7) is 10.2. The van der Waals surface area contributed by atoms with Crippen molar-refractivity contribution >= 4 is 22.6 Å². The topological polar surface area (TPSA) is 52.6 Å². The number of benzene rings is 1. The molecule has 0 N–H and O–H groups in total. The van der Waals surface area contributed by atoms with Gasteiger partial charge >= 0.3 is 0 Å². The molecule has 27 heavy (non-hydrogen) atoms. The molecule has 1 amide bonds. The zero-order valence-electron chi connectivity index (χ0n) is 16.4. The van der Waals surface area contributed by atoms with Gasteiger partial charge in [0.05, 0.1) is 12.1 Å². The first kappa shape index (κ1) is 18.2. The Morgan fingerprint density at radius 2 is 1.74 bits per heavy atom. The summed E-state index contributed by atoms with van der Waals surface area (Å²) in [6.07, 6.45) is 2.51. The van der Waals surface area contributed by atoms with Crippen molar-refractivity contribution in [1.82, 2.24) is 19.8 Å². The monoisotopic (exact) mass is 367 g/mol. The smallest absolute Gasteiger partial charge is 0.219 e. The van der Waals surface area contributed by atoms with Gasteiger partial charge in [-0.2, -0.15) is 0 Å². The molecule has 2 saturated heterocycles. The number of likely N-dealkylation sites (tertiary alicyclic amines) is 1. The largest absolute Gasteiger partial charge is 0.352 e. The standard InChI is InChI=1S/C21H29N5O/c1-16-7-9-24(10-8-16)15-20-22-19-6-4-3-5-18(19)21(23-20)26-13-11-25(12-14-26)17(2)27/h3-6,16H,7-15H2,1-2H3. The van der Waals surface area contributed by atoms with Crippen molar-refractivity contribution in [3.8, 4) is 0 Å². The van der Waals surface area contributed by atoms with Gasteiger partial charge in [0.15, 0.2) is 0 Å². The average molecular weight is 367 g/mol. The van der Waals surface area contributed by atoms with Crippen LogP contribution in [-0.2, 0) is 11.3 Å². The molecule has 0 aliphatic carbocycles. The van der Waals surface area contributed by atoms with E-state index in [2.05, 4.69) is 28.9 Å². The maximum absolute atomic E-state index is 11.6. The van der Waals surface area contributed by atoms with Gasteiger partial charge in [0.2, 0.25) is 5.91 Å². The van der Waals surface area contributed by atoms with Gasteiger partial charge in [0.25, 0.3) is 0 Å². The van der Waals surface area contributed by atoms with Gasteiger partial charge in [-0.3, -0.25) is 9.69 Å². The summed E-state index contributed by atoms with van der Waals surface area (Å²) < 4.78 is 0. The van der Waals surface area contributed by atoms with E-state index < -0.39 is 0 Å². The van der Waals surface area contributed by atoms with E-state index in [0.717, 1.165) is 74.3 Å². The molecule has 0 radical (unpaired) electrons. The molecule has 2 fully saturated rings. The van der Waals surface area contributed by atoms with Crippen molar-refractivity contribution in [2.45, 2.75) is 33.2 Å². The number of hydrogen-bond donors (Lipinski definition) is 0. The summed E-state index contributed by atoms with van der Waals surface area (Å²) in [7, 11) is 0. The summed E-state index contributed by atoms with van der Waals surface area (Å²) >= 11 is 0. The number of para-hydroxylation sites is 1. The third kappa shape index (κ3) is 4.05. The van der Waals surface area contributed by atoms with Gasteiger partial charge in [-0.05, 0) is 44.0 Å². The zero-order valence-corrected chi connectivity index (χ0v) is 16.4. The van der Waals surface area contributed by atoms with Crippen LogP contribution in [0.4, 0.5) is 5.82 Å². The van der Waals surface area contributed by atoms with Gasteiger partial charge in [-0.15, -0.1) is 0 Å². The van der Waals surface area contributed by atoms with Gasteiger partial charge in [0.1, 0.15) is 11.6 Å². The molecular formula is C21H29N5O. The van der Waals surface area contributed by atoms with Gasteiger partial charge in [-0.25, -0.2) is 9.97 Å². The highest BCUT2D eigenvalue weighted by Gasteiger charge is 2.23. The Hall–Kier alpha value is -2.21. The third-order valence-electron chi connectivity index (χ3n) is 5.90. The number of fused-ring (bicyclic) bond motifs is 1. The Morgan fingerprint density at radius 3 is 2.44 bits per heavy atom. The van der Waals surface area contributed by atoms with Crippen molar-refractivity contribution in [1.29, 1.82) is 0 Å². The number of piperazine rings is 1. The molecule has 1 aromatic heterocycles. The Morgan fingerprint density at radius 1 is 1.04 bits per heavy atom. The van der Waals surface area contributed by atoms with Crippen LogP contribution in [0.1, 0.15) is 32.5 Å². The first-order valence-electron chi connectivity index (χ1n) is 10.1. The predicted octanol–water partition coefficient (Wildman–Crippen LogP) is 2.53. The lowest BCUT2D eigenvalue weighted by molar-refractivity contribution is -0.129. The highest BCUT2D eigenvalue weighted by molar-refractivity contribution is 5.89. The first-order valence-corrected chi connectivity index (χ1v) is 10.1. The fourth-order valence-electron chi connectivity index (χ4n) is 4.07. The highest BCUT2D eigenvalue weighted by Crippen LogP contribution is 2.26. The van der Waals surface area contributed by atoms with Crippen LogP contribution in [0.5, 0.6) is 0 Å². The van der Waals surface area contributed by atoms with Crippen LogP contribution in [0, 0.1) is 5.92 Å². The number of carbonyl (C=O) groups is 1. The van der Waals surface area contributed by atoms with E-state index in [0.29, 0.717) is 0 Å². The minimum Gasteiger partial charge on any atom is -0.352 e. The molecule has 6 heteroatoms. The summed E-state index contributed by atoms with van der Waals surface area (Å²) in [5, 5.41) is 1.10. The van der Waals surface area contributed by atoms with E-state index in [1.165, 1.54) is 12.8 Å². The second-order valence-corrected chi connectivity index (χ2v) is 7.93. The van der Waals surface area contributed by atoms with E-state index in [-0.39, 0.29) is 5.91 Å². The Balaban J connectivity index is 1.58. The zero-order chi connectivity index (χ0) is 18.8. The molecule has 6 nitrogen and oxygen atoms in total. The second kappa shape index (κ2) is 7.80. The van der Waals surface area contributed by atoms with Gasteiger partial charge in [-0.1, -0.05) is 19.1 Å².